The van der Waals surface area contributed by atoms with Crippen LogP contribution in [0, 0.1) is 16.7 Å². The Morgan fingerprint density at radius 2 is 1.58 bits per heavy atom. The van der Waals surface area contributed by atoms with Crippen molar-refractivity contribution in [1.82, 2.24) is 5.32 Å². The lowest BCUT2D eigenvalue weighted by Crippen LogP contribution is -2.33. The van der Waals surface area contributed by atoms with Gasteiger partial charge in [-0.15, -0.1) is 0 Å². The number of ether oxygens (including phenoxy) is 1. The van der Waals surface area contributed by atoms with E-state index in [1.807, 2.05) is 0 Å². The van der Waals surface area contributed by atoms with E-state index >= 15 is 0 Å². The predicted octanol–water partition coefficient (Wildman–Crippen LogP) is 5.58. The van der Waals surface area contributed by atoms with Gasteiger partial charge >= 0.3 is 0 Å². The van der Waals surface area contributed by atoms with Crippen molar-refractivity contribution >= 4 is 5.91 Å². The maximum absolute atomic E-state index is 12.1. The Morgan fingerprint density at radius 3 is 2.08 bits per heavy atom. The molecule has 0 radical (unpaired) electrons. The van der Waals surface area contributed by atoms with Gasteiger partial charge in [-0.05, 0) is 56.3 Å². The SMILES string of the molecule is CC(C)CCOC(C)(C)CCNC(=O)CCC(C)(C)CC(C)(C)C. The molecular weight excluding hydrogens is 298 g/mol. The smallest absolute Gasteiger partial charge is 0.220 e. The maximum Gasteiger partial charge on any atom is 0.220 e. The summed E-state index contributed by atoms with van der Waals surface area (Å²) in [4.78, 5) is 12.1. The summed E-state index contributed by atoms with van der Waals surface area (Å²) >= 11 is 0. The molecule has 3 heteroatoms. The zero-order valence-electron chi connectivity index (χ0n) is 17.8. The van der Waals surface area contributed by atoms with Crippen molar-refractivity contribution in [3.05, 3.63) is 0 Å². The van der Waals surface area contributed by atoms with Gasteiger partial charge in [0, 0.05) is 19.6 Å². The van der Waals surface area contributed by atoms with Crippen LogP contribution < -0.4 is 5.32 Å². The van der Waals surface area contributed by atoms with Gasteiger partial charge in [-0.1, -0.05) is 48.5 Å². The van der Waals surface area contributed by atoms with Gasteiger partial charge in [0.2, 0.25) is 5.91 Å². The van der Waals surface area contributed by atoms with Gasteiger partial charge in [0.15, 0.2) is 0 Å². The molecule has 0 aromatic heterocycles. The van der Waals surface area contributed by atoms with Gasteiger partial charge in [-0.25, -0.2) is 0 Å². The Balaban J connectivity index is 4.01. The molecule has 0 rings (SSSR count). The van der Waals surface area contributed by atoms with E-state index in [2.05, 4.69) is 67.6 Å². The molecule has 0 aliphatic carbocycles. The highest BCUT2D eigenvalue weighted by Crippen LogP contribution is 2.36. The molecule has 0 aromatic carbocycles. The van der Waals surface area contributed by atoms with E-state index < -0.39 is 0 Å². The minimum Gasteiger partial charge on any atom is -0.375 e. The zero-order chi connectivity index (χ0) is 19.0. The highest BCUT2D eigenvalue weighted by Gasteiger charge is 2.26. The minimum atomic E-state index is -0.173. The lowest BCUT2D eigenvalue weighted by atomic mass is 9.74. The van der Waals surface area contributed by atoms with Crippen molar-refractivity contribution < 1.29 is 9.53 Å². The van der Waals surface area contributed by atoms with Gasteiger partial charge in [0.05, 0.1) is 5.60 Å². The molecule has 144 valence electrons. The van der Waals surface area contributed by atoms with Crippen molar-refractivity contribution in [3.63, 3.8) is 0 Å². The van der Waals surface area contributed by atoms with E-state index in [0.717, 1.165) is 32.3 Å². The quantitative estimate of drug-likeness (QED) is 0.533. The van der Waals surface area contributed by atoms with Crippen LogP contribution in [0.3, 0.4) is 0 Å². The minimum absolute atomic E-state index is 0.162. The molecule has 0 heterocycles. The summed E-state index contributed by atoms with van der Waals surface area (Å²) in [6.07, 6.45) is 4.60. The molecule has 0 spiro atoms. The number of nitrogens with one attached hydrogen (secondary N) is 1. The third kappa shape index (κ3) is 13.8. The lowest BCUT2D eigenvalue weighted by Gasteiger charge is -2.32. The Bertz CT molecular complexity index is 365. The number of hydrogen-bond donors (Lipinski definition) is 1. The Morgan fingerprint density at radius 1 is 1.00 bits per heavy atom. The average Bonchev–Trinajstić information content (AvgIpc) is 2.32. The van der Waals surface area contributed by atoms with E-state index in [4.69, 9.17) is 4.74 Å². The van der Waals surface area contributed by atoms with Gasteiger partial charge in [0.1, 0.15) is 0 Å². The first kappa shape index (κ1) is 23.4. The average molecular weight is 342 g/mol. The highest BCUT2D eigenvalue weighted by molar-refractivity contribution is 5.75. The van der Waals surface area contributed by atoms with E-state index in [9.17, 15) is 4.79 Å². The fourth-order valence-corrected chi connectivity index (χ4v) is 3.21. The second kappa shape index (κ2) is 9.79. The van der Waals surface area contributed by atoms with Crippen molar-refractivity contribution in [2.24, 2.45) is 16.7 Å². The first-order chi connectivity index (χ1) is 10.7. The molecule has 0 saturated carbocycles. The number of carbonyl (C=O) groups excluding carboxylic acids is 1. The van der Waals surface area contributed by atoms with Gasteiger partial charge in [0.25, 0.3) is 0 Å². The first-order valence-electron chi connectivity index (χ1n) is 9.63. The van der Waals surface area contributed by atoms with Crippen molar-refractivity contribution in [2.75, 3.05) is 13.2 Å². The second-order valence-electron chi connectivity index (χ2n) is 10.3. The van der Waals surface area contributed by atoms with Crippen molar-refractivity contribution in [3.8, 4) is 0 Å². The van der Waals surface area contributed by atoms with E-state index in [0.29, 0.717) is 24.3 Å². The van der Waals surface area contributed by atoms with Crippen LogP contribution >= 0.6 is 0 Å². The Hall–Kier alpha value is -0.570. The first-order valence-corrected chi connectivity index (χ1v) is 9.63. The molecule has 24 heavy (non-hydrogen) atoms. The van der Waals surface area contributed by atoms with Crippen LogP contribution in [0.15, 0.2) is 0 Å². The Kier molecular flexibility index (Phi) is 9.56. The van der Waals surface area contributed by atoms with Crippen LogP contribution in [0.5, 0.6) is 0 Å². The van der Waals surface area contributed by atoms with Gasteiger partial charge < -0.3 is 10.1 Å². The zero-order valence-corrected chi connectivity index (χ0v) is 17.8. The molecule has 0 atom stereocenters. The van der Waals surface area contributed by atoms with Crippen molar-refractivity contribution in [1.29, 1.82) is 0 Å². The number of carbonyl (C=O) groups is 1. The van der Waals surface area contributed by atoms with Crippen LogP contribution in [0.2, 0.25) is 0 Å². The highest BCUT2D eigenvalue weighted by atomic mass is 16.5. The van der Waals surface area contributed by atoms with E-state index in [1.165, 1.54) is 0 Å². The normalized spacial score (nSPS) is 13.4. The summed E-state index contributed by atoms with van der Waals surface area (Å²) in [5.41, 5.74) is 0.333. The van der Waals surface area contributed by atoms with Crippen LogP contribution in [-0.2, 0) is 9.53 Å². The molecule has 1 amide bonds. The molecule has 0 unspecified atom stereocenters. The summed E-state index contributed by atoms with van der Waals surface area (Å²) in [5.74, 6) is 0.826. The van der Waals surface area contributed by atoms with Crippen molar-refractivity contribution in [2.45, 2.75) is 100 Å². The van der Waals surface area contributed by atoms with Crippen LogP contribution in [0.1, 0.15) is 94.4 Å². The lowest BCUT2D eigenvalue weighted by molar-refractivity contribution is -0.122. The molecule has 0 aliphatic heterocycles. The predicted molar refractivity (Wildman–Crippen MR) is 104 cm³/mol. The summed E-state index contributed by atoms with van der Waals surface area (Å²) in [7, 11) is 0. The van der Waals surface area contributed by atoms with Crippen LogP contribution in [-0.4, -0.2) is 24.7 Å². The summed E-state index contributed by atoms with van der Waals surface area (Å²) in [6.45, 7) is 21.4. The van der Waals surface area contributed by atoms with Gasteiger partial charge in [-0.3, -0.25) is 4.79 Å². The van der Waals surface area contributed by atoms with Crippen LogP contribution in [0.25, 0.3) is 0 Å². The number of rotatable bonds is 11. The maximum atomic E-state index is 12.1. The standard InChI is InChI=1S/C21H43NO2/c1-17(2)11-15-24-21(8,9)13-14-22-18(23)10-12-20(6,7)16-19(3,4)5/h17H,10-16H2,1-9H3,(H,22,23). The molecule has 1 N–H and O–H groups in total. The number of amides is 1. The summed E-state index contributed by atoms with van der Waals surface area (Å²) < 4.78 is 5.94. The molecule has 0 aromatic rings. The Labute approximate surface area is 151 Å². The largest absolute Gasteiger partial charge is 0.375 e. The molecular formula is C21H43NO2. The number of hydrogen-bond acceptors (Lipinski definition) is 2. The topological polar surface area (TPSA) is 38.3 Å². The third-order valence-corrected chi connectivity index (χ3v) is 4.27. The summed E-state index contributed by atoms with van der Waals surface area (Å²) in [5, 5.41) is 3.05. The van der Waals surface area contributed by atoms with Crippen LogP contribution in [0.4, 0.5) is 0 Å². The second-order valence-corrected chi connectivity index (χ2v) is 10.3. The molecule has 0 saturated heterocycles. The molecule has 0 bridgehead atoms. The fraction of sp³-hybridized carbons (Fsp3) is 0.952. The van der Waals surface area contributed by atoms with Gasteiger partial charge in [-0.2, -0.15) is 0 Å². The molecule has 0 fully saturated rings. The van der Waals surface area contributed by atoms with E-state index in [1.54, 1.807) is 0 Å². The van der Waals surface area contributed by atoms with E-state index in [-0.39, 0.29) is 16.9 Å². The monoisotopic (exact) mass is 341 g/mol. The summed E-state index contributed by atoms with van der Waals surface area (Å²) in [6, 6.07) is 0. The third-order valence-electron chi connectivity index (χ3n) is 4.27. The molecule has 3 nitrogen and oxygen atoms in total. The fourth-order valence-electron chi connectivity index (χ4n) is 3.21. The molecule has 0 aliphatic rings.